The highest BCUT2D eigenvalue weighted by molar-refractivity contribution is 8.13. The molecule has 2 rings (SSSR count). The van der Waals surface area contributed by atoms with Gasteiger partial charge in [-0.05, 0) is 35.9 Å². The number of halogens is 3. The Kier molecular flexibility index (Phi) is 3.87. The van der Waals surface area contributed by atoms with Gasteiger partial charge in [0.15, 0.2) is 0 Å². The van der Waals surface area contributed by atoms with Crippen LogP contribution in [0.25, 0.3) is 11.1 Å². The SMILES string of the molecule is O=S(=O)(Cl)c1ccc(Cl)cc1-c1ccc(Cl)cc1. The Morgan fingerprint density at radius 3 is 1.94 bits per heavy atom. The average molecular weight is 322 g/mol. The second-order valence-electron chi connectivity index (χ2n) is 3.59. The third-order valence-corrected chi connectivity index (χ3v) is 4.23. The molecule has 0 spiro atoms. The quantitative estimate of drug-likeness (QED) is 0.758. The predicted octanol–water partition coefficient (Wildman–Crippen LogP) is 4.59. The summed E-state index contributed by atoms with van der Waals surface area (Å²) in [5.74, 6) is 0. The van der Waals surface area contributed by atoms with Crippen molar-refractivity contribution in [1.29, 1.82) is 0 Å². The van der Waals surface area contributed by atoms with Gasteiger partial charge in [0.1, 0.15) is 0 Å². The Morgan fingerprint density at radius 2 is 1.39 bits per heavy atom. The zero-order valence-electron chi connectivity index (χ0n) is 8.90. The lowest BCUT2D eigenvalue weighted by atomic mass is 10.1. The molecule has 0 N–H and O–H groups in total. The fourth-order valence-corrected chi connectivity index (χ4v) is 2.94. The van der Waals surface area contributed by atoms with Crippen molar-refractivity contribution in [2.45, 2.75) is 4.90 Å². The van der Waals surface area contributed by atoms with E-state index in [9.17, 15) is 8.42 Å². The molecule has 6 heteroatoms. The summed E-state index contributed by atoms with van der Waals surface area (Å²) in [4.78, 5) is 0.0240. The van der Waals surface area contributed by atoms with Crippen molar-refractivity contribution in [3.8, 4) is 11.1 Å². The van der Waals surface area contributed by atoms with E-state index in [-0.39, 0.29) is 4.90 Å². The van der Waals surface area contributed by atoms with E-state index in [0.717, 1.165) is 0 Å². The van der Waals surface area contributed by atoms with Crippen LogP contribution in [0, 0.1) is 0 Å². The average Bonchev–Trinajstić information content (AvgIpc) is 2.28. The first-order chi connectivity index (χ1) is 8.38. The van der Waals surface area contributed by atoms with Crippen LogP contribution in [0.3, 0.4) is 0 Å². The first kappa shape index (κ1) is 13.7. The summed E-state index contributed by atoms with van der Waals surface area (Å²) in [6.07, 6.45) is 0. The maximum absolute atomic E-state index is 11.5. The molecule has 2 nitrogen and oxygen atoms in total. The minimum absolute atomic E-state index is 0.0240. The van der Waals surface area contributed by atoms with Crippen LogP contribution < -0.4 is 0 Å². The highest BCUT2D eigenvalue weighted by Crippen LogP contribution is 2.32. The normalized spacial score (nSPS) is 11.5. The molecule has 0 saturated heterocycles. The summed E-state index contributed by atoms with van der Waals surface area (Å²) in [5, 5.41) is 1.00. The van der Waals surface area contributed by atoms with E-state index in [4.69, 9.17) is 33.9 Å². The molecule has 0 aromatic heterocycles. The van der Waals surface area contributed by atoms with Gasteiger partial charge in [0.25, 0.3) is 9.05 Å². The molecule has 18 heavy (non-hydrogen) atoms. The van der Waals surface area contributed by atoms with E-state index in [1.54, 1.807) is 30.3 Å². The molecule has 2 aromatic carbocycles. The van der Waals surface area contributed by atoms with Crippen LogP contribution in [0.5, 0.6) is 0 Å². The van der Waals surface area contributed by atoms with Crippen molar-refractivity contribution >= 4 is 42.9 Å². The van der Waals surface area contributed by atoms with E-state index in [0.29, 0.717) is 21.2 Å². The summed E-state index contributed by atoms with van der Waals surface area (Å²) in [6.45, 7) is 0. The van der Waals surface area contributed by atoms with Crippen LogP contribution in [0.1, 0.15) is 0 Å². The summed E-state index contributed by atoms with van der Waals surface area (Å²) < 4.78 is 23.0. The van der Waals surface area contributed by atoms with Gasteiger partial charge < -0.3 is 0 Å². The molecule has 0 amide bonds. The van der Waals surface area contributed by atoms with Gasteiger partial charge >= 0.3 is 0 Å². The predicted molar refractivity (Wildman–Crippen MR) is 74.9 cm³/mol. The van der Waals surface area contributed by atoms with E-state index in [1.165, 1.54) is 12.1 Å². The molecule has 0 fully saturated rings. The van der Waals surface area contributed by atoms with E-state index < -0.39 is 9.05 Å². The molecule has 0 atom stereocenters. The first-order valence-corrected chi connectivity index (χ1v) is 7.94. The second-order valence-corrected chi connectivity index (χ2v) is 6.99. The molecule has 0 aliphatic heterocycles. The second kappa shape index (κ2) is 5.10. The highest BCUT2D eigenvalue weighted by atomic mass is 35.7. The van der Waals surface area contributed by atoms with Gasteiger partial charge in [0.2, 0.25) is 0 Å². The van der Waals surface area contributed by atoms with Crippen molar-refractivity contribution in [3.05, 3.63) is 52.5 Å². The molecule has 0 radical (unpaired) electrons. The highest BCUT2D eigenvalue weighted by Gasteiger charge is 2.17. The topological polar surface area (TPSA) is 34.1 Å². The Balaban J connectivity index is 2.69. The summed E-state index contributed by atoms with van der Waals surface area (Å²) in [7, 11) is 1.57. The van der Waals surface area contributed by atoms with Crippen molar-refractivity contribution < 1.29 is 8.42 Å². The Labute approximate surface area is 120 Å². The molecule has 0 heterocycles. The van der Waals surface area contributed by atoms with Crippen molar-refractivity contribution in [2.24, 2.45) is 0 Å². The van der Waals surface area contributed by atoms with E-state index in [2.05, 4.69) is 0 Å². The number of benzene rings is 2. The van der Waals surface area contributed by atoms with Gasteiger partial charge in [0, 0.05) is 26.3 Å². The van der Waals surface area contributed by atoms with E-state index >= 15 is 0 Å². The van der Waals surface area contributed by atoms with Gasteiger partial charge in [0.05, 0.1) is 4.90 Å². The van der Waals surface area contributed by atoms with Gasteiger partial charge in [-0.2, -0.15) is 0 Å². The van der Waals surface area contributed by atoms with Crippen molar-refractivity contribution in [2.75, 3.05) is 0 Å². The zero-order valence-corrected chi connectivity index (χ0v) is 12.0. The van der Waals surface area contributed by atoms with Gasteiger partial charge in [-0.1, -0.05) is 35.3 Å². The van der Waals surface area contributed by atoms with Gasteiger partial charge in [-0.15, -0.1) is 0 Å². The lowest BCUT2D eigenvalue weighted by Gasteiger charge is -2.07. The number of rotatable bonds is 2. The van der Waals surface area contributed by atoms with Gasteiger partial charge in [-0.3, -0.25) is 0 Å². The van der Waals surface area contributed by atoms with Crippen LogP contribution in [0.2, 0.25) is 10.0 Å². The fourth-order valence-electron chi connectivity index (χ4n) is 1.57. The third-order valence-electron chi connectivity index (χ3n) is 2.36. The largest absolute Gasteiger partial charge is 0.261 e. The number of hydrogen-bond donors (Lipinski definition) is 0. The lowest BCUT2D eigenvalue weighted by Crippen LogP contribution is -1.94. The molecule has 94 valence electrons. The maximum atomic E-state index is 11.5. The monoisotopic (exact) mass is 320 g/mol. The van der Waals surface area contributed by atoms with Crippen molar-refractivity contribution in [3.63, 3.8) is 0 Å². The van der Waals surface area contributed by atoms with E-state index in [1.807, 2.05) is 0 Å². The molecular weight excluding hydrogens is 315 g/mol. The standard InChI is InChI=1S/C12H7Cl3O2S/c13-9-3-1-8(2-4-9)11-7-10(14)5-6-12(11)18(15,16)17/h1-7H. The van der Waals surface area contributed by atoms with Crippen LogP contribution in [0.4, 0.5) is 0 Å². The van der Waals surface area contributed by atoms with Crippen molar-refractivity contribution in [1.82, 2.24) is 0 Å². The van der Waals surface area contributed by atoms with Crippen LogP contribution in [0.15, 0.2) is 47.4 Å². The summed E-state index contributed by atoms with van der Waals surface area (Å²) in [5.41, 5.74) is 1.13. The Hall–Kier alpha value is -0.740. The molecule has 0 aliphatic rings. The summed E-state index contributed by atoms with van der Waals surface area (Å²) >= 11 is 11.7. The molecule has 0 aliphatic carbocycles. The third kappa shape index (κ3) is 2.98. The smallest absolute Gasteiger partial charge is 0.207 e. The van der Waals surface area contributed by atoms with Crippen LogP contribution in [-0.2, 0) is 9.05 Å². The first-order valence-electron chi connectivity index (χ1n) is 4.88. The minimum Gasteiger partial charge on any atom is -0.207 e. The maximum Gasteiger partial charge on any atom is 0.261 e. The Bertz CT molecular complexity index is 679. The minimum atomic E-state index is -3.83. The number of hydrogen-bond acceptors (Lipinski definition) is 2. The summed E-state index contributed by atoms with van der Waals surface area (Å²) in [6, 6.07) is 11.2. The van der Waals surface area contributed by atoms with Crippen LogP contribution >= 0.6 is 33.9 Å². The zero-order chi connectivity index (χ0) is 13.3. The molecule has 0 bridgehead atoms. The van der Waals surface area contributed by atoms with Gasteiger partial charge in [-0.25, -0.2) is 8.42 Å². The molecular formula is C12H7Cl3O2S. The lowest BCUT2D eigenvalue weighted by molar-refractivity contribution is 0.610. The molecule has 2 aromatic rings. The fraction of sp³-hybridized carbons (Fsp3) is 0. The Morgan fingerprint density at radius 1 is 0.833 bits per heavy atom. The molecule has 0 unspecified atom stereocenters. The molecule has 0 saturated carbocycles. The van der Waals surface area contributed by atoms with Crippen LogP contribution in [-0.4, -0.2) is 8.42 Å².